The van der Waals surface area contributed by atoms with Gasteiger partial charge in [0.25, 0.3) is 12.0 Å². The van der Waals surface area contributed by atoms with Crippen LogP contribution >= 0.6 is 11.8 Å². The van der Waals surface area contributed by atoms with Gasteiger partial charge < -0.3 is 10.1 Å². The number of carbonyl (C=O) groups is 3. The highest BCUT2D eigenvalue weighted by Crippen LogP contribution is 2.32. The minimum atomic E-state index is -0.980. The standard InChI is InChI=1S/C26H21N3O4S/c1-34-19-11-7-10-18(14-19)27-22(30)16-28-23-20-12-5-6-13-21(20)33-24(23)25(31)29(26(28)32)15-17-8-3-2-4-9-17/h2-14,24H,15-16H2,1H3/p+1. The summed E-state index contributed by atoms with van der Waals surface area (Å²) in [5.41, 5.74) is 2.50. The van der Waals surface area contributed by atoms with E-state index >= 15 is 0 Å². The molecule has 0 fully saturated rings. The number of fused-ring (bicyclic) bond motifs is 3. The number of anilines is 1. The van der Waals surface area contributed by atoms with E-state index in [4.69, 9.17) is 4.74 Å². The van der Waals surface area contributed by atoms with E-state index in [-0.39, 0.29) is 19.0 Å². The van der Waals surface area contributed by atoms with Crippen molar-refractivity contribution in [3.63, 3.8) is 0 Å². The predicted octanol–water partition coefficient (Wildman–Crippen LogP) is 3.77. The van der Waals surface area contributed by atoms with Gasteiger partial charge in [-0.1, -0.05) is 48.5 Å². The van der Waals surface area contributed by atoms with Crippen LogP contribution in [0.5, 0.6) is 5.75 Å². The second kappa shape index (κ2) is 9.15. The Hall–Kier alpha value is -3.91. The van der Waals surface area contributed by atoms with Crippen molar-refractivity contribution >= 4 is 41.0 Å². The van der Waals surface area contributed by atoms with Crippen LogP contribution in [0.25, 0.3) is 0 Å². The maximum Gasteiger partial charge on any atom is 0.501 e. The molecule has 1 atom stereocenters. The van der Waals surface area contributed by atoms with Crippen molar-refractivity contribution in [1.82, 2.24) is 4.90 Å². The van der Waals surface area contributed by atoms with E-state index in [1.165, 1.54) is 4.58 Å². The molecule has 1 unspecified atom stereocenters. The number of ether oxygens (including phenoxy) is 1. The molecule has 0 bridgehead atoms. The van der Waals surface area contributed by atoms with Gasteiger partial charge in [-0.2, -0.15) is 14.3 Å². The Balaban J connectivity index is 1.49. The van der Waals surface area contributed by atoms with E-state index in [9.17, 15) is 14.4 Å². The molecule has 0 aliphatic carbocycles. The van der Waals surface area contributed by atoms with Gasteiger partial charge in [-0.3, -0.25) is 4.79 Å². The lowest BCUT2D eigenvalue weighted by molar-refractivity contribution is -0.428. The molecule has 0 aromatic heterocycles. The lowest BCUT2D eigenvalue weighted by atomic mass is 10.0. The zero-order valence-corrected chi connectivity index (χ0v) is 19.2. The van der Waals surface area contributed by atoms with Gasteiger partial charge in [-0.15, -0.1) is 11.8 Å². The van der Waals surface area contributed by atoms with Crippen LogP contribution < -0.4 is 10.1 Å². The van der Waals surface area contributed by atoms with Crippen molar-refractivity contribution in [1.29, 1.82) is 0 Å². The zero-order chi connectivity index (χ0) is 23.7. The largest absolute Gasteiger partial charge is 0.501 e. The number of thioether (sulfide) groups is 1. The van der Waals surface area contributed by atoms with E-state index in [0.717, 1.165) is 15.4 Å². The zero-order valence-electron chi connectivity index (χ0n) is 18.4. The van der Waals surface area contributed by atoms with Gasteiger partial charge >= 0.3 is 11.9 Å². The van der Waals surface area contributed by atoms with E-state index in [0.29, 0.717) is 22.7 Å². The molecule has 2 aliphatic heterocycles. The minimum Gasteiger partial charge on any atom is -0.469 e. The summed E-state index contributed by atoms with van der Waals surface area (Å²) in [4.78, 5) is 42.0. The second-order valence-electron chi connectivity index (χ2n) is 7.94. The summed E-state index contributed by atoms with van der Waals surface area (Å²) < 4.78 is 7.30. The first-order valence-electron chi connectivity index (χ1n) is 10.8. The number of hydrogen-bond acceptors (Lipinski definition) is 5. The first kappa shape index (κ1) is 21.9. The summed E-state index contributed by atoms with van der Waals surface area (Å²) >= 11 is 1.57. The van der Waals surface area contributed by atoms with E-state index in [1.807, 2.05) is 60.9 Å². The summed E-state index contributed by atoms with van der Waals surface area (Å²) in [6.45, 7) is -0.152. The molecular weight excluding hydrogens is 450 g/mol. The molecule has 1 N–H and O–H groups in total. The number of para-hydroxylation sites is 1. The van der Waals surface area contributed by atoms with Gasteiger partial charge in [0.1, 0.15) is 12.3 Å². The summed E-state index contributed by atoms with van der Waals surface area (Å²) in [6, 6.07) is 23.4. The number of amides is 4. The molecule has 2 heterocycles. The van der Waals surface area contributed by atoms with Gasteiger partial charge in [0, 0.05) is 10.6 Å². The molecule has 34 heavy (non-hydrogen) atoms. The first-order chi connectivity index (χ1) is 16.5. The molecule has 0 spiro atoms. The van der Waals surface area contributed by atoms with Crippen LogP contribution in [0.4, 0.5) is 10.5 Å². The Kier molecular flexibility index (Phi) is 5.90. The lowest BCUT2D eigenvalue weighted by Gasteiger charge is -2.24. The number of rotatable bonds is 6. The Morgan fingerprint density at radius 3 is 2.59 bits per heavy atom. The second-order valence-corrected chi connectivity index (χ2v) is 8.82. The summed E-state index contributed by atoms with van der Waals surface area (Å²) in [5, 5.41) is 2.86. The van der Waals surface area contributed by atoms with Crippen molar-refractivity contribution in [3.05, 3.63) is 90.0 Å². The van der Waals surface area contributed by atoms with Crippen molar-refractivity contribution in [3.8, 4) is 5.75 Å². The van der Waals surface area contributed by atoms with E-state index < -0.39 is 18.0 Å². The van der Waals surface area contributed by atoms with Crippen LogP contribution in [0.15, 0.2) is 83.8 Å². The topological polar surface area (TPSA) is 78.7 Å². The molecule has 0 saturated heterocycles. The Morgan fingerprint density at radius 2 is 1.79 bits per heavy atom. The Morgan fingerprint density at radius 1 is 1.03 bits per heavy atom. The van der Waals surface area contributed by atoms with Crippen LogP contribution in [-0.2, 0) is 16.1 Å². The number of carbonyl (C=O) groups excluding carboxylic acids is 3. The highest BCUT2D eigenvalue weighted by Gasteiger charge is 2.53. The van der Waals surface area contributed by atoms with Crippen LogP contribution in [0.2, 0.25) is 0 Å². The monoisotopic (exact) mass is 472 g/mol. The normalized spacial score (nSPS) is 16.7. The van der Waals surface area contributed by atoms with Gasteiger partial charge in [-0.25, -0.2) is 4.79 Å². The van der Waals surface area contributed by atoms with Crippen LogP contribution in [0.3, 0.4) is 0 Å². The fraction of sp³-hybridized carbons (Fsp3) is 0.154. The Labute approximate surface area is 201 Å². The maximum absolute atomic E-state index is 13.6. The molecule has 2 aliphatic rings. The third kappa shape index (κ3) is 4.08. The number of nitrogens with zero attached hydrogens (tertiary/aromatic N) is 2. The number of benzene rings is 3. The molecule has 3 aromatic carbocycles. The van der Waals surface area contributed by atoms with E-state index in [2.05, 4.69) is 5.32 Å². The third-order valence-electron chi connectivity index (χ3n) is 5.74. The van der Waals surface area contributed by atoms with Crippen molar-refractivity contribution in [2.75, 3.05) is 18.1 Å². The average Bonchev–Trinajstić information content (AvgIpc) is 3.25. The van der Waals surface area contributed by atoms with Crippen molar-refractivity contribution in [2.24, 2.45) is 0 Å². The first-order valence-corrected chi connectivity index (χ1v) is 12.0. The highest BCUT2D eigenvalue weighted by atomic mass is 32.2. The molecule has 0 saturated carbocycles. The molecule has 8 heteroatoms. The summed E-state index contributed by atoms with van der Waals surface area (Å²) in [6.07, 6.45) is 0.978. The minimum absolute atomic E-state index is 0.0931. The number of urea groups is 1. The number of imide groups is 1. The fourth-order valence-electron chi connectivity index (χ4n) is 4.15. The lowest BCUT2D eigenvalue weighted by Crippen LogP contribution is -2.58. The quantitative estimate of drug-likeness (QED) is 0.437. The maximum atomic E-state index is 13.6. The fourth-order valence-corrected chi connectivity index (χ4v) is 4.61. The molecule has 170 valence electrons. The van der Waals surface area contributed by atoms with Gasteiger partial charge in [0.2, 0.25) is 0 Å². The number of hydrogen-bond donors (Lipinski definition) is 1. The van der Waals surface area contributed by atoms with Gasteiger partial charge in [0.05, 0.1) is 5.56 Å². The molecule has 7 nitrogen and oxygen atoms in total. The summed E-state index contributed by atoms with van der Waals surface area (Å²) in [5.74, 6) is -0.288. The smallest absolute Gasteiger partial charge is 0.469 e. The van der Waals surface area contributed by atoms with Crippen molar-refractivity contribution < 1.29 is 23.7 Å². The molecule has 5 rings (SSSR count). The average molecular weight is 473 g/mol. The van der Waals surface area contributed by atoms with Crippen LogP contribution in [0, 0.1) is 0 Å². The van der Waals surface area contributed by atoms with Crippen molar-refractivity contribution in [2.45, 2.75) is 17.5 Å². The van der Waals surface area contributed by atoms with Gasteiger partial charge in [0.15, 0.2) is 12.3 Å². The molecule has 0 radical (unpaired) electrons. The van der Waals surface area contributed by atoms with Crippen LogP contribution in [0.1, 0.15) is 11.1 Å². The number of nitrogens with one attached hydrogen (secondary N) is 1. The molecule has 3 aromatic rings. The summed E-state index contributed by atoms with van der Waals surface area (Å²) in [7, 11) is 0. The van der Waals surface area contributed by atoms with Crippen LogP contribution in [-0.4, -0.2) is 51.9 Å². The SMILES string of the molecule is CSc1cccc(NC(=O)C[N+]2=C3c4ccccc4OC3C(=O)N(Cc3ccccc3)C2=O)c1. The van der Waals surface area contributed by atoms with Gasteiger partial charge in [-0.05, 0) is 42.2 Å². The molecular formula is C26H22N3O4S+. The van der Waals surface area contributed by atoms with E-state index in [1.54, 1.807) is 36.0 Å². The highest BCUT2D eigenvalue weighted by molar-refractivity contribution is 7.98. The predicted molar refractivity (Wildman–Crippen MR) is 129 cm³/mol. The molecule has 4 amide bonds. The third-order valence-corrected chi connectivity index (χ3v) is 6.46. The Bertz CT molecular complexity index is 1320.